The maximum absolute atomic E-state index is 13.1. The van der Waals surface area contributed by atoms with Gasteiger partial charge >= 0.3 is 24.4 Å². The molecule has 0 saturated carbocycles. The number of carbonyl (C=O) groups is 3. The number of urea groups is 1. The fraction of sp³-hybridized carbons (Fsp3) is 0.250. The van der Waals surface area contributed by atoms with E-state index in [0.29, 0.717) is 23.2 Å². The number of imide groups is 1. The van der Waals surface area contributed by atoms with Crippen molar-refractivity contribution in [3.63, 3.8) is 0 Å². The van der Waals surface area contributed by atoms with Crippen molar-refractivity contribution in [1.82, 2.24) is 15.0 Å². The smallest absolute Gasteiger partial charge is 0.475 e. The number of carbonyl (C=O) groups excluding carboxylic acids is 2. The number of aliphatic carboxylic acids is 1. The van der Waals surface area contributed by atoms with E-state index in [2.05, 4.69) is 15.0 Å². The lowest BCUT2D eigenvalue weighted by atomic mass is 10.00. The van der Waals surface area contributed by atoms with Gasteiger partial charge in [0, 0.05) is 12.3 Å². The Balaban J connectivity index is 0.000000587. The zero-order valence-electron chi connectivity index (χ0n) is 21.1. The Kier molecular flexibility index (Phi) is 8.69. The number of carboxylic acids is 1. The van der Waals surface area contributed by atoms with Crippen molar-refractivity contribution >= 4 is 35.1 Å². The van der Waals surface area contributed by atoms with Crippen LogP contribution in [0.25, 0.3) is 0 Å². The lowest BCUT2D eigenvalue weighted by molar-refractivity contribution is -0.192. The van der Waals surface area contributed by atoms with E-state index in [1.54, 1.807) is 18.2 Å². The molecule has 218 valence electrons. The summed E-state index contributed by atoms with van der Waals surface area (Å²) >= 11 is 0. The second kappa shape index (κ2) is 11.6. The van der Waals surface area contributed by atoms with Gasteiger partial charge in [-0.2, -0.15) is 26.3 Å². The van der Waals surface area contributed by atoms with Crippen molar-refractivity contribution in [2.75, 3.05) is 22.1 Å². The number of alkyl halides is 6. The third kappa shape index (κ3) is 7.37. The first-order valence-corrected chi connectivity index (χ1v) is 11.3. The molecule has 11 nitrogen and oxygen atoms in total. The molecule has 3 N–H and O–H groups in total. The van der Waals surface area contributed by atoms with Crippen LogP contribution in [0.5, 0.6) is 11.6 Å². The van der Waals surface area contributed by atoms with E-state index in [9.17, 15) is 35.9 Å². The Morgan fingerprint density at radius 2 is 1.71 bits per heavy atom. The molecule has 1 fully saturated rings. The van der Waals surface area contributed by atoms with Crippen molar-refractivity contribution in [3.8, 4) is 11.6 Å². The summed E-state index contributed by atoms with van der Waals surface area (Å²) in [4.78, 5) is 48.1. The summed E-state index contributed by atoms with van der Waals surface area (Å²) in [7, 11) is 0. The van der Waals surface area contributed by atoms with Crippen molar-refractivity contribution in [3.05, 3.63) is 60.2 Å². The maximum Gasteiger partial charge on any atom is 0.490 e. The molecular formula is C24H20F6N6O5. The minimum absolute atomic E-state index is 0.122. The summed E-state index contributed by atoms with van der Waals surface area (Å²) in [6.07, 6.45) is -6.70. The number of benzene rings is 1. The number of carboxylic acid groups (broad SMARTS) is 1. The van der Waals surface area contributed by atoms with Gasteiger partial charge in [0.2, 0.25) is 5.88 Å². The molecule has 0 spiro atoms. The van der Waals surface area contributed by atoms with Crippen LogP contribution in [0.3, 0.4) is 0 Å². The maximum atomic E-state index is 13.1. The SMILES string of the molecule is CC(C)c1cc(Oc2cc(N)ncn2)ccc1N1C(=O)CN(c2cncc(C(F)(F)F)c2)C1=O.O=C(O)C(F)(F)F. The minimum Gasteiger partial charge on any atom is -0.475 e. The standard InChI is InChI=1S/C22H19F3N6O3.C2HF3O2/c1-12(2)16-6-15(34-19-7-18(26)28-11-29-19)3-4-17(16)31-20(32)10-30(21(31)33)14-5-13(8-27-9-14)22(23,24)25;3-2(4,5)1(6)7/h3-9,11-12H,10H2,1-2H3,(H2,26,28,29);(H,6,7). The zero-order valence-corrected chi connectivity index (χ0v) is 21.1. The van der Waals surface area contributed by atoms with E-state index >= 15 is 0 Å². The van der Waals surface area contributed by atoms with E-state index < -0.39 is 42.4 Å². The van der Waals surface area contributed by atoms with Gasteiger partial charge in [0.25, 0.3) is 5.91 Å². The van der Waals surface area contributed by atoms with Gasteiger partial charge in [0.15, 0.2) is 0 Å². The Bertz CT molecular complexity index is 1460. The van der Waals surface area contributed by atoms with E-state index in [4.69, 9.17) is 20.4 Å². The topological polar surface area (TPSA) is 152 Å². The molecule has 1 saturated heterocycles. The van der Waals surface area contributed by atoms with E-state index in [-0.39, 0.29) is 23.3 Å². The minimum atomic E-state index is -5.08. The normalized spacial score (nSPS) is 13.8. The number of anilines is 3. The summed E-state index contributed by atoms with van der Waals surface area (Å²) in [6, 6.07) is 6.21. The number of halogens is 6. The Morgan fingerprint density at radius 1 is 1.05 bits per heavy atom. The van der Waals surface area contributed by atoms with Gasteiger partial charge < -0.3 is 15.6 Å². The molecule has 1 aromatic carbocycles. The predicted molar refractivity (Wildman–Crippen MR) is 130 cm³/mol. The van der Waals surface area contributed by atoms with Crippen molar-refractivity contribution in [2.45, 2.75) is 32.1 Å². The number of hydrogen-bond acceptors (Lipinski definition) is 8. The number of ether oxygens (including phenoxy) is 1. The third-order valence-electron chi connectivity index (χ3n) is 5.32. The van der Waals surface area contributed by atoms with E-state index in [1.165, 1.54) is 12.4 Å². The highest BCUT2D eigenvalue weighted by Crippen LogP contribution is 2.37. The molecule has 1 aliphatic heterocycles. The van der Waals surface area contributed by atoms with E-state index in [1.807, 2.05) is 13.8 Å². The number of nitrogen functional groups attached to an aromatic ring is 1. The Morgan fingerprint density at radius 3 is 2.27 bits per heavy atom. The van der Waals surface area contributed by atoms with Gasteiger partial charge in [-0.3, -0.25) is 14.7 Å². The van der Waals surface area contributed by atoms with Gasteiger partial charge in [0.05, 0.1) is 23.1 Å². The summed E-state index contributed by atoms with van der Waals surface area (Å²) in [5.41, 5.74) is 5.42. The number of pyridine rings is 1. The summed E-state index contributed by atoms with van der Waals surface area (Å²) in [6.45, 7) is 3.31. The van der Waals surface area contributed by atoms with Crippen molar-refractivity contribution in [1.29, 1.82) is 0 Å². The lowest BCUT2D eigenvalue weighted by Crippen LogP contribution is -2.34. The van der Waals surface area contributed by atoms with Crippen LogP contribution < -0.4 is 20.3 Å². The van der Waals surface area contributed by atoms with Gasteiger partial charge in [-0.05, 0) is 35.7 Å². The lowest BCUT2D eigenvalue weighted by Gasteiger charge is -2.22. The van der Waals surface area contributed by atoms with Crippen LogP contribution in [0.15, 0.2) is 49.1 Å². The molecule has 3 heterocycles. The first-order valence-electron chi connectivity index (χ1n) is 11.3. The summed E-state index contributed by atoms with van der Waals surface area (Å²) in [5.74, 6) is -2.63. The molecule has 3 amide bonds. The van der Waals surface area contributed by atoms with Crippen LogP contribution in [0.2, 0.25) is 0 Å². The molecule has 3 aromatic rings. The molecule has 2 aromatic heterocycles. The molecule has 0 bridgehead atoms. The van der Waals surface area contributed by atoms with Gasteiger partial charge in [-0.25, -0.2) is 24.5 Å². The first-order chi connectivity index (χ1) is 19.0. The number of aromatic nitrogens is 3. The molecule has 4 rings (SSSR count). The van der Waals surface area contributed by atoms with Crippen LogP contribution >= 0.6 is 0 Å². The summed E-state index contributed by atoms with van der Waals surface area (Å²) in [5, 5.41) is 7.12. The number of amides is 3. The van der Waals surface area contributed by atoms with Crippen LogP contribution in [-0.4, -0.2) is 50.7 Å². The number of nitrogens with two attached hydrogens (primary N) is 1. The molecule has 0 radical (unpaired) electrons. The fourth-order valence-electron chi connectivity index (χ4n) is 3.46. The highest BCUT2D eigenvalue weighted by atomic mass is 19.4. The fourth-order valence-corrected chi connectivity index (χ4v) is 3.46. The molecule has 0 atom stereocenters. The quantitative estimate of drug-likeness (QED) is 0.311. The van der Waals surface area contributed by atoms with Crippen LogP contribution in [0, 0.1) is 0 Å². The van der Waals surface area contributed by atoms with Crippen LogP contribution in [0.1, 0.15) is 30.9 Å². The average Bonchev–Trinajstić information content (AvgIpc) is 3.17. The van der Waals surface area contributed by atoms with Crippen molar-refractivity contribution in [2.24, 2.45) is 0 Å². The predicted octanol–water partition coefficient (Wildman–Crippen LogP) is 4.99. The molecule has 41 heavy (non-hydrogen) atoms. The molecule has 0 aliphatic carbocycles. The Labute approximate surface area is 227 Å². The van der Waals surface area contributed by atoms with E-state index in [0.717, 1.165) is 22.1 Å². The average molecular weight is 586 g/mol. The van der Waals surface area contributed by atoms with Gasteiger partial charge in [0.1, 0.15) is 24.4 Å². The zero-order chi connectivity index (χ0) is 30.7. The summed E-state index contributed by atoms with van der Waals surface area (Å²) < 4.78 is 76.7. The van der Waals surface area contributed by atoms with Crippen molar-refractivity contribution < 1.29 is 50.6 Å². The molecular weight excluding hydrogens is 566 g/mol. The second-order valence-electron chi connectivity index (χ2n) is 8.59. The van der Waals surface area contributed by atoms with Gasteiger partial charge in [-0.15, -0.1) is 0 Å². The second-order valence-corrected chi connectivity index (χ2v) is 8.59. The van der Waals surface area contributed by atoms with Crippen LogP contribution in [-0.2, 0) is 15.8 Å². The molecule has 0 unspecified atom stereocenters. The Hall–Kier alpha value is -4.96. The number of hydrogen-bond donors (Lipinski definition) is 2. The monoisotopic (exact) mass is 586 g/mol. The molecule has 1 aliphatic rings. The van der Waals surface area contributed by atoms with Gasteiger partial charge in [-0.1, -0.05) is 13.8 Å². The first kappa shape index (κ1) is 30.6. The highest BCUT2D eigenvalue weighted by Gasteiger charge is 2.41. The largest absolute Gasteiger partial charge is 0.490 e. The number of nitrogens with zero attached hydrogens (tertiary/aromatic N) is 5. The number of rotatable bonds is 5. The van der Waals surface area contributed by atoms with Crippen LogP contribution in [0.4, 0.5) is 48.3 Å². The third-order valence-corrected chi connectivity index (χ3v) is 5.32. The highest BCUT2D eigenvalue weighted by molar-refractivity contribution is 6.27. The molecule has 17 heteroatoms.